The smallest absolute Gasteiger partial charge is 0.142 e. The van der Waals surface area contributed by atoms with E-state index >= 15 is 0 Å². The van der Waals surface area contributed by atoms with Gasteiger partial charge in [-0.3, -0.25) is 4.90 Å². The van der Waals surface area contributed by atoms with Crippen molar-refractivity contribution in [2.45, 2.75) is 33.0 Å². The molecule has 0 bridgehead atoms. The average molecular weight is 307 g/mol. The van der Waals surface area contributed by atoms with E-state index in [0.29, 0.717) is 12.6 Å². The molecule has 0 fully saturated rings. The van der Waals surface area contributed by atoms with Crippen LogP contribution in [-0.4, -0.2) is 10.9 Å². The summed E-state index contributed by atoms with van der Waals surface area (Å²) in [6.07, 6.45) is 0. The van der Waals surface area contributed by atoms with Gasteiger partial charge in [0.25, 0.3) is 0 Å². The molecule has 2 nitrogen and oxygen atoms in total. The van der Waals surface area contributed by atoms with Gasteiger partial charge in [-0.25, -0.2) is 4.39 Å². The lowest BCUT2D eigenvalue weighted by Crippen LogP contribution is -2.29. The van der Waals surface area contributed by atoms with Crippen LogP contribution >= 0.6 is 11.6 Å². The Morgan fingerprint density at radius 2 is 1.62 bits per heavy atom. The number of hydrogen-bond donors (Lipinski definition) is 1. The fraction of sp³-hybridized carbons (Fsp3) is 0.294. The topological polar surface area (TPSA) is 29.3 Å². The molecular formula is C17H20ClFN2. The predicted octanol–water partition coefficient (Wildman–Crippen LogP) is 4.47. The minimum atomic E-state index is -0.370. The molecule has 2 aromatic rings. The highest BCUT2D eigenvalue weighted by atomic mass is 35.5. The second-order valence-corrected chi connectivity index (χ2v) is 5.90. The largest absolute Gasteiger partial charge is 0.399 e. The van der Waals surface area contributed by atoms with Crippen molar-refractivity contribution in [1.82, 2.24) is 4.90 Å². The summed E-state index contributed by atoms with van der Waals surface area (Å²) in [5.74, 6) is -0.370. The van der Waals surface area contributed by atoms with Crippen LogP contribution in [0.3, 0.4) is 0 Å². The molecular weight excluding hydrogens is 287 g/mol. The number of rotatable bonds is 5. The number of anilines is 1. The lowest BCUT2D eigenvalue weighted by molar-refractivity contribution is 0.203. The number of halogens is 2. The summed E-state index contributed by atoms with van der Waals surface area (Å²) in [5, 5.41) is 0.161. The molecule has 0 aromatic heterocycles. The summed E-state index contributed by atoms with van der Waals surface area (Å²) in [5.41, 5.74) is 8.57. The van der Waals surface area contributed by atoms with Crippen molar-refractivity contribution < 1.29 is 4.39 Å². The minimum absolute atomic E-state index is 0.161. The minimum Gasteiger partial charge on any atom is -0.399 e. The molecule has 0 unspecified atom stereocenters. The zero-order valence-electron chi connectivity index (χ0n) is 12.3. The van der Waals surface area contributed by atoms with Crippen LogP contribution in [0.4, 0.5) is 10.1 Å². The van der Waals surface area contributed by atoms with Crippen molar-refractivity contribution in [3.05, 3.63) is 64.4 Å². The highest BCUT2D eigenvalue weighted by Gasteiger charge is 2.12. The van der Waals surface area contributed by atoms with Crippen LogP contribution in [0, 0.1) is 5.82 Å². The first-order valence-electron chi connectivity index (χ1n) is 6.98. The molecule has 0 spiro atoms. The Hall–Kier alpha value is -1.58. The second kappa shape index (κ2) is 6.92. The SMILES string of the molecule is CC(C)N(Cc1ccc(N)cc1)Cc1ccc(Cl)c(F)c1. The normalized spacial score (nSPS) is 11.3. The number of nitrogens with two attached hydrogens (primary N) is 1. The van der Waals surface area contributed by atoms with E-state index in [9.17, 15) is 4.39 Å². The van der Waals surface area contributed by atoms with E-state index in [-0.39, 0.29) is 10.8 Å². The molecule has 2 aromatic carbocycles. The van der Waals surface area contributed by atoms with Crippen LogP contribution < -0.4 is 5.73 Å². The van der Waals surface area contributed by atoms with Crippen LogP contribution in [-0.2, 0) is 13.1 Å². The van der Waals surface area contributed by atoms with Gasteiger partial charge in [-0.05, 0) is 49.2 Å². The van der Waals surface area contributed by atoms with Crippen LogP contribution in [0.15, 0.2) is 42.5 Å². The summed E-state index contributed by atoms with van der Waals surface area (Å²) in [4.78, 5) is 2.27. The zero-order chi connectivity index (χ0) is 15.4. The molecule has 0 aliphatic rings. The van der Waals surface area contributed by atoms with Gasteiger partial charge < -0.3 is 5.73 Å². The first-order valence-corrected chi connectivity index (χ1v) is 7.36. The Bertz CT molecular complexity index is 596. The molecule has 0 atom stereocenters. The maximum Gasteiger partial charge on any atom is 0.142 e. The summed E-state index contributed by atoms with van der Waals surface area (Å²) in [7, 11) is 0. The molecule has 2 rings (SSSR count). The molecule has 21 heavy (non-hydrogen) atoms. The third kappa shape index (κ3) is 4.45. The number of nitrogens with zero attached hydrogens (tertiary/aromatic N) is 1. The summed E-state index contributed by atoms with van der Waals surface area (Å²) in [6, 6.07) is 13.2. The van der Waals surface area contributed by atoms with E-state index in [0.717, 1.165) is 17.8 Å². The molecule has 0 saturated carbocycles. The van der Waals surface area contributed by atoms with Gasteiger partial charge in [0.1, 0.15) is 5.82 Å². The lowest BCUT2D eigenvalue weighted by atomic mass is 10.1. The zero-order valence-corrected chi connectivity index (χ0v) is 13.1. The molecule has 0 radical (unpaired) electrons. The summed E-state index contributed by atoms with van der Waals surface area (Å²) in [6.45, 7) is 5.73. The fourth-order valence-electron chi connectivity index (χ4n) is 2.15. The van der Waals surface area contributed by atoms with Crippen LogP contribution in [0.5, 0.6) is 0 Å². The van der Waals surface area contributed by atoms with Crippen molar-refractivity contribution in [2.24, 2.45) is 0 Å². The van der Waals surface area contributed by atoms with Crippen LogP contribution in [0.1, 0.15) is 25.0 Å². The van der Waals surface area contributed by atoms with Gasteiger partial charge in [-0.2, -0.15) is 0 Å². The van der Waals surface area contributed by atoms with Gasteiger partial charge in [-0.15, -0.1) is 0 Å². The monoisotopic (exact) mass is 306 g/mol. The molecule has 0 heterocycles. The Balaban J connectivity index is 2.11. The lowest BCUT2D eigenvalue weighted by Gasteiger charge is -2.26. The van der Waals surface area contributed by atoms with Gasteiger partial charge in [0.2, 0.25) is 0 Å². The van der Waals surface area contributed by atoms with Crippen molar-refractivity contribution in [1.29, 1.82) is 0 Å². The average Bonchev–Trinajstić information content (AvgIpc) is 2.44. The van der Waals surface area contributed by atoms with E-state index in [4.69, 9.17) is 17.3 Å². The molecule has 0 aliphatic carbocycles. The Kier molecular flexibility index (Phi) is 5.21. The quantitative estimate of drug-likeness (QED) is 0.826. The van der Waals surface area contributed by atoms with Gasteiger partial charge >= 0.3 is 0 Å². The Morgan fingerprint density at radius 1 is 1.05 bits per heavy atom. The molecule has 2 N–H and O–H groups in total. The van der Waals surface area contributed by atoms with Crippen LogP contribution in [0.2, 0.25) is 5.02 Å². The van der Waals surface area contributed by atoms with E-state index < -0.39 is 0 Å². The van der Waals surface area contributed by atoms with Gasteiger partial charge in [0.05, 0.1) is 5.02 Å². The Labute approximate surface area is 130 Å². The highest BCUT2D eigenvalue weighted by molar-refractivity contribution is 6.30. The maximum atomic E-state index is 13.5. The second-order valence-electron chi connectivity index (χ2n) is 5.49. The number of nitrogen functional groups attached to an aromatic ring is 1. The number of benzene rings is 2. The van der Waals surface area contributed by atoms with Crippen molar-refractivity contribution in [3.63, 3.8) is 0 Å². The third-order valence-electron chi connectivity index (χ3n) is 3.47. The Morgan fingerprint density at radius 3 is 2.19 bits per heavy atom. The van der Waals surface area contributed by atoms with Crippen molar-refractivity contribution >= 4 is 17.3 Å². The maximum absolute atomic E-state index is 13.5. The van der Waals surface area contributed by atoms with E-state index in [1.165, 1.54) is 11.6 Å². The fourth-order valence-corrected chi connectivity index (χ4v) is 2.27. The van der Waals surface area contributed by atoms with Gasteiger partial charge in [0.15, 0.2) is 0 Å². The van der Waals surface area contributed by atoms with Gasteiger partial charge in [-0.1, -0.05) is 29.8 Å². The highest BCUT2D eigenvalue weighted by Crippen LogP contribution is 2.19. The molecule has 0 amide bonds. The molecule has 0 aliphatic heterocycles. The third-order valence-corrected chi connectivity index (χ3v) is 3.77. The molecule has 0 saturated heterocycles. The predicted molar refractivity (Wildman–Crippen MR) is 86.6 cm³/mol. The standard InChI is InChI=1S/C17H20ClFN2/c1-12(2)21(10-13-3-6-15(20)7-4-13)11-14-5-8-16(18)17(19)9-14/h3-9,12H,10-11,20H2,1-2H3. The first kappa shape index (κ1) is 15.8. The molecule has 112 valence electrons. The summed E-state index contributed by atoms with van der Waals surface area (Å²) >= 11 is 5.72. The van der Waals surface area contributed by atoms with Gasteiger partial charge in [0, 0.05) is 24.8 Å². The van der Waals surface area contributed by atoms with Crippen molar-refractivity contribution in [2.75, 3.05) is 5.73 Å². The van der Waals surface area contributed by atoms with E-state index in [1.54, 1.807) is 6.07 Å². The van der Waals surface area contributed by atoms with E-state index in [2.05, 4.69) is 18.7 Å². The first-order chi connectivity index (χ1) is 9.95. The van der Waals surface area contributed by atoms with Crippen LogP contribution in [0.25, 0.3) is 0 Å². The summed E-state index contributed by atoms with van der Waals surface area (Å²) < 4.78 is 13.5. The van der Waals surface area contributed by atoms with E-state index in [1.807, 2.05) is 30.3 Å². The number of hydrogen-bond acceptors (Lipinski definition) is 2. The van der Waals surface area contributed by atoms with Crippen molar-refractivity contribution in [3.8, 4) is 0 Å². The molecule has 4 heteroatoms.